The van der Waals surface area contributed by atoms with E-state index >= 15 is 0 Å². The van der Waals surface area contributed by atoms with Crippen LogP contribution >= 0.6 is 0 Å². The molecule has 0 aromatic carbocycles. The third-order valence-corrected chi connectivity index (χ3v) is 3.05. The molecule has 1 saturated heterocycles. The van der Waals surface area contributed by atoms with Crippen LogP contribution in [-0.4, -0.2) is 58.9 Å². The Balaban J connectivity index is 2.11. The maximum absolute atomic E-state index is 11.6. The lowest BCUT2D eigenvalue weighted by Gasteiger charge is -2.19. The molecule has 0 radical (unpaired) electrons. The normalized spacial score (nSPS) is 23.2. The highest BCUT2D eigenvalue weighted by atomic mass is 16.3. The molecule has 1 amide bonds. The molecule has 1 aromatic rings. The maximum atomic E-state index is 11.6. The Labute approximate surface area is 106 Å². The Bertz CT molecular complexity index is 442. The maximum Gasteiger partial charge on any atom is 0.273 e. The molecule has 2 heterocycles. The average molecular weight is 250 g/mol. The third kappa shape index (κ3) is 2.59. The SMILES string of the molecule is CN(C)C(=O)c1ccc(N2CCC(C)(O)C2)nn1. The van der Waals surface area contributed by atoms with E-state index in [0.717, 1.165) is 6.54 Å². The van der Waals surface area contributed by atoms with Crippen LogP contribution in [0.25, 0.3) is 0 Å². The molecule has 0 saturated carbocycles. The zero-order valence-corrected chi connectivity index (χ0v) is 10.9. The van der Waals surface area contributed by atoms with Gasteiger partial charge in [-0.1, -0.05) is 0 Å². The van der Waals surface area contributed by atoms with E-state index in [-0.39, 0.29) is 5.91 Å². The minimum absolute atomic E-state index is 0.164. The number of anilines is 1. The van der Waals surface area contributed by atoms with E-state index in [1.54, 1.807) is 26.2 Å². The van der Waals surface area contributed by atoms with Crippen molar-refractivity contribution in [3.05, 3.63) is 17.8 Å². The second-order valence-corrected chi connectivity index (χ2v) is 5.14. The van der Waals surface area contributed by atoms with Crippen molar-refractivity contribution < 1.29 is 9.90 Å². The number of hydrogen-bond donors (Lipinski definition) is 1. The van der Waals surface area contributed by atoms with E-state index in [0.29, 0.717) is 24.5 Å². The van der Waals surface area contributed by atoms with E-state index in [4.69, 9.17) is 0 Å². The monoisotopic (exact) mass is 250 g/mol. The summed E-state index contributed by atoms with van der Waals surface area (Å²) >= 11 is 0. The number of rotatable bonds is 2. The molecular formula is C12H18N4O2. The van der Waals surface area contributed by atoms with Gasteiger partial charge in [0.2, 0.25) is 0 Å². The molecule has 0 aliphatic carbocycles. The van der Waals surface area contributed by atoms with Crippen molar-refractivity contribution in [1.29, 1.82) is 0 Å². The minimum Gasteiger partial charge on any atom is -0.388 e. The molecule has 6 heteroatoms. The molecule has 2 rings (SSSR count). The van der Waals surface area contributed by atoms with Gasteiger partial charge in [-0.15, -0.1) is 10.2 Å². The topological polar surface area (TPSA) is 69.6 Å². The molecule has 1 aliphatic heterocycles. The first-order valence-corrected chi connectivity index (χ1v) is 5.92. The highest BCUT2D eigenvalue weighted by Crippen LogP contribution is 2.24. The van der Waals surface area contributed by atoms with Crippen molar-refractivity contribution in [2.45, 2.75) is 18.9 Å². The summed E-state index contributed by atoms with van der Waals surface area (Å²) in [6.45, 7) is 3.11. The van der Waals surface area contributed by atoms with E-state index < -0.39 is 5.60 Å². The van der Waals surface area contributed by atoms with Gasteiger partial charge in [-0.25, -0.2) is 0 Å². The predicted octanol–water partition coefficient (Wildman–Crippen LogP) is 0.139. The van der Waals surface area contributed by atoms with E-state index in [1.165, 1.54) is 4.90 Å². The first-order chi connectivity index (χ1) is 8.39. The van der Waals surface area contributed by atoms with Crippen LogP contribution in [0.1, 0.15) is 23.8 Å². The largest absolute Gasteiger partial charge is 0.388 e. The van der Waals surface area contributed by atoms with Gasteiger partial charge in [-0.3, -0.25) is 4.79 Å². The van der Waals surface area contributed by atoms with Crippen molar-refractivity contribution >= 4 is 11.7 Å². The molecule has 6 nitrogen and oxygen atoms in total. The highest BCUT2D eigenvalue weighted by Gasteiger charge is 2.32. The van der Waals surface area contributed by atoms with Crippen LogP contribution in [0.2, 0.25) is 0 Å². The van der Waals surface area contributed by atoms with Crippen LogP contribution in [0.3, 0.4) is 0 Å². The standard InChI is InChI=1S/C12H18N4O2/c1-12(18)6-7-16(8-12)10-5-4-9(13-14-10)11(17)15(2)3/h4-5,18H,6-8H2,1-3H3. The van der Waals surface area contributed by atoms with Gasteiger partial charge in [0.1, 0.15) is 0 Å². The number of aliphatic hydroxyl groups is 1. The fourth-order valence-electron chi connectivity index (χ4n) is 1.98. The van der Waals surface area contributed by atoms with Crippen LogP contribution in [0.4, 0.5) is 5.82 Å². The van der Waals surface area contributed by atoms with Crippen molar-refractivity contribution in [2.75, 3.05) is 32.1 Å². The van der Waals surface area contributed by atoms with E-state index in [2.05, 4.69) is 10.2 Å². The number of carbonyl (C=O) groups excluding carboxylic acids is 1. The molecule has 1 aliphatic rings. The lowest BCUT2D eigenvalue weighted by molar-refractivity contribution is 0.0817. The number of nitrogens with zero attached hydrogens (tertiary/aromatic N) is 4. The summed E-state index contributed by atoms with van der Waals surface area (Å²) in [5.41, 5.74) is -0.338. The van der Waals surface area contributed by atoms with Crippen LogP contribution in [0.15, 0.2) is 12.1 Å². The number of aromatic nitrogens is 2. The van der Waals surface area contributed by atoms with Crippen LogP contribution < -0.4 is 4.90 Å². The molecule has 0 bridgehead atoms. The molecule has 98 valence electrons. The number of hydrogen-bond acceptors (Lipinski definition) is 5. The minimum atomic E-state index is -0.667. The smallest absolute Gasteiger partial charge is 0.273 e. The Morgan fingerprint density at radius 3 is 2.61 bits per heavy atom. The van der Waals surface area contributed by atoms with E-state index in [1.807, 2.05) is 11.8 Å². The lowest BCUT2D eigenvalue weighted by atomic mass is 10.1. The summed E-state index contributed by atoms with van der Waals surface area (Å²) in [5, 5.41) is 17.9. The molecule has 1 N–H and O–H groups in total. The van der Waals surface area contributed by atoms with Gasteiger partial charge in [-0.05, 0) is 25.5 Å². The summed E-state index contributed by atoms with van der Waals surface area (Å²) < 4.78 is 0. The summed E-state index contributed by atoms with van der Waals surface area (Å²) in [6.07, 6.45) is 0.715. The number of amides is 1. The van der Waals surface area contributed by atoms with E-state index in [9.17, 15) is 9.90 Å². The molecule has 0 spiro atoms. The van der Waals surface area contributed by atoms with Crippen molar-refractivity contribution in [2.24, 2.45) is 0 Å². The summed E-state index contributed by atoms with van der Waals surface area (Å²) in [4.78, 5) is 15.1. The number of β-amino-alcohol motifs (C(OH)–C–C–N with tert-alkyl or cyclic N) is 1. The van der Waals surface area contributed by atoms with Gasteiger partial charge in [0, 0.05) is 27.2 Å². The molecule has 1 atom stereocenters. The molecule has 1 unspecified atom stereocenters. The Kier molecular flexibility index (Phi) is 3.21. The zero-order valence-electron chi connectivity index (χ0n) is 10.9. The zero-order chi connectivity index (χ0) is 13.3. The predicted molar refractivity (Wildman–Crippen MR) is 67.5 cm³/mol. The first kappa shape index (κ1) is 12.8. The van der Waals surface area contributed by atoms with Gasteiger partial charge in [-0.2, -0.15) is 0 Å². The Hall–Kier alpha value is -1.69. The summed E-state index contributed by atoms with van der Waals surface area (Å²) in [7, 11) is 3.35. The fourth-order valence-corrected chi connectivity index (χ4v) is 1.98. The number of carbonyl (C=O) groups is 1. The molecular weight excluding hydrogens is 232 g/mol. The molecule has 18 heavy (non-hydrogen) atoms. The molecule has 1 aromatic heterocycles. The average Bonchev–Trinajstić information content (AvgIpc) is 2.69. The lowest BCUT2D eigenvalue weighted by Crippen LogP contribution is -2.30. The van der Waals surface area contributed by atoms with Crippen molar-refractivity contribution in [1.82, 2.24) is 15.1 Å². The van der Waals surface area contributed by atoms with Gasteiger partial charge >= 0.3 is 0 Å². The van der Waals surface area contributed by atoms with Crippen LogP contribution in [0.5, 0.6) is 0 Å². The first-order valence-electron chi connectivity index (χ1n) is 5.92. The quantitative estimate of drug-likeness (QED) is 0.808. The van der Waals surface area contributed by atoms with Crippen molar-refractivity contribution in [3.63, 3.8) is 0 Å². The van der Waals surface area contributed by atoms with Gasteiger partial charge < -0.3 is 14.9 Å². The van der Waals surface area contributed by atoms with Gasteiger partial charge in [0.15, 0.2) is 11.5 Å². The van der Waals surface area contributed by atoms with Gasteiger partial charge in [0.25, 0.3) is 5.91 Å². The Morgan fingerprint density at radius 1 is 1.44 bits per heavy atom. The second-order valence-electron chi connectivity index (χ2n) is 5.14. The van der Waals surface area contributed by atoms with Crippen molar-refractivity contribution in [3.8, 4) is 0 Å². The Morgan fingerprint density at radius 2 is 2.17 bits per heavy atom. The summed E-state index contributed by atoms with van der Waals surface area (Å²) in [5.74, 6) is 0.533. The van der Waals surface area contributed by atoms with Crippen LogP contribution in [0, 0.1) is 0 Å². The van der Waals surface area contributed by atoms with Crippen LogP contribution in [-0.2, 0) is 0 Å². The fraction of sp³-hybridized carbons (Fsp3) is 0.583. The third-order valence-electron chi connectivity index (χ3n) is 3.05. The molecule has 1 fully saturated rings. The summed E-state index contributed by atoms with van der Waals surface area (Å²) in [6, 6.07) is 3.43. The van der Waals surface area contributed by atoms with Gasteiger partial charge in [0.05, 0.1) is 5.60 Å². The highest BCUT2D eigenvalue weighted by molar-refractivity contribution is 5.91. The second kappa shape index (κ2) is 4.53.